The van der Waals surface area contributed by atoms with Crippen molar-refractivity contribution in [2.45, 2.75) is 70.3 Å². The maximum Gasteiger partial charge on any atom is 0.123 e. The van der Waals surface area contributed by atoms with E-state index in [1.807, 2.05) is 12.1 Å². The van der Waals surface area contributed by atoms with Crippen molar-refractivity contribution < 1.29 is 4.39 Å². The zero-order valence-electron chi connectivity index (χ0n) is 18.1. The van der Waals surface area contributed by atoms with Gasteiger partial charge in [-0.05, 0) is 74.4 Å². The van der Waals surface area contributed by atoms with Gasteiger partial charge in [-0.25, -0.2) is 4.39 Å². The second-order valence-corrected chi connectivity index (χ2v) is 9.33. The number of pyridine rings is 1. The number of piperazine rings is 1. The highest BCUT2D eigenvalue weighted by Gasteiger charge is 2.27. The number of fused-ring (bicyclic) bond motifs is 1. The van der Waals surface area contributed by atoms with Gasteiger partial charge in [0.05, 0.1) is 5.69 Å². The predicted octanol–water partition coefficient (Wildman–Crippen LogP) is 5.61. The zero-order chi connectivity index (χ0) is 20.3. The number of halogens is 1. The van der Waals surface area contributed by atoms with E-state index in [0.29, 0.717) is 0 Å². The fourth-order valence-corrected chi connectivity index (χ4v) is 5.68. The lowest BCUT2D eigenvalue weighted by molar-refractivity contribution is 0.148. The molecule has 2 aliphatic carbocycles. The summed E-state index contributed by atoms with van der Waals surface area (Å²) in [5.74, 6) is -0.187. The van der Waals surface area contributed by atoms with Gasteiger partial charge in [0, 0.05) is 49.2 Å². The first-order valence-electron chi connectivity index (χ1n) is 12.1. The van der Waals surface area contributed by atoms with Crippen molar-refractivity contribution in [2.75, 3.05) is 31.1 Å². The standard InChI is InChI=1S/C26H34FN3/c27-21-13-11-20(12-14-21)25-19-26(23-9-5-2-6-10-24(23)28-25)30-17-15-29(16-18-30)22-7-3-1-4-8-22/h11-14,19,22H,1-10,15-18H2. The number of aromatic nitrogens is 1. The van der Waals surface area contributed by atoms with Crippen molar-refractivity contribution in [3.63, 3.8) is 0 Å². The molecule has 0 N–H and O–H groups in total. The monoisotopic (exact) mass is 407 g/mol. The minimum absolute atomic E-state index is 0.187. The molecule has 0 amide bonds. The summed E-state index contributed by atoms with van der Waals surface area (Å²) in [4.78, 5) is 10.4. The maximum absolute atomic E-state index is 13.5. The first-order chi connectivity index (χ1) is 14.8. The van der Waals surface area contributed by atoms with Crippen LogP contribution in [0.3, 0.4) is 0 Å². The molecule has 5 rings (SSSR count). The third kappa shape index (κ3) is 4.25. The van der Waals surface area contributed by atoms with E-state index in [0.717, 1.165) is 43.2 Å². The molecular weight excluding hydrogens is 373 g/mol. The van der Waals surface area contributed by atoms with Crippen molar-refractivity contribution >= 4 is 5.69 Å². The van der Waals surface area contributed by atoms with Gasteiger partial charge in [-0.1, -0.05) is 25.7 Å². The molecule has 30 heavy (non-hydrogen) atoms. The van der Waals surface area contributed by atoms with Gasteiger partial charge in [-0.15, -0.1) is 0 Å². The highest BCUT2D eigenvalue weighted by atomic mass is 19.1. The summed E-state index contributed by atoms with van der Waals surface area (Å²) in [5, 5.41) is 0. The smallest absolute Gasteiger partial charge is 0.123 e. The molecule has 0 spiro atoms. The fraction of sp³-hybridized carbons (Fsp3) is 0.577. The summed E-state index contributed by atoms with van der Waals surface area (Å²) >= 11 is 0. The molecule has 2 heterocycles. The first kappa shape index (κ1) is 20.0. The Balaban J connectivity index is 1.42. The molecule has 2 fully saturated rings. The minimum Gasteiger partial charge on any atom is -0.369 e. The molecule has 1 aromatic carbocycles. The minimum atomic E-state index is -0.187. The Hall–Kier alpha value is -1.94. The van der Waals surface area contributed by atoms with E-state index >= 15 is 0 Å². The molecule has 0 unspecified atom stereocenters. The fourth-order valence-electron chi connectivity index (χ4n) is 5.68. The SMILES string of the molecule is Fc1ccc(-c2cc(N3CCN(C4CCCCC4)CC3)c3c(n2)CCCCC3)cc1. The van der Waals surface area contributed by atoms with Crippen molar-refractivity contribution in [3.05, 3.63) is 47.4 Å². The molecule has 4 heteroatoms. The molecule has 0 bridgehead atoms. The lowest BCUT2D eigenvalue weighted by atomic mass is 9.93. The second kappa shape index (κ2) is 9.05. The van der Waals surface area contributed by atoms with Gasteiger partial charge >= 0.3 is 0 Å². The van der Waals surface area contributed by atoms with Crippen LogP contribution in [0, 0.1) is 5.82 Å². The predicted molar refractivity (Wildman–Crippen MR) is 122 cm³/mol. The Morgan fingerprint density at radius 1 is 0.800 bits per heavy atom. The van der Waals surface area contributed by atoms with Crippen molar-refractivity contribution in [1.29, 1.82) is 0 Å². The lowest BCUT2D eigenvalue weighted by Crippen LogP contribution is -2.51. The van der Waals surface area contributed by atoms with Crippen molar-refractivity contribution in [1.82, 2.24) is 9.88 Å². The summed E-state index contributed by atoms with van der Waals surface area (Å²) in [5.41, 5.74) is 6.17. The van der Waals surface area contributed by atoms with E-state index in [9.17, 15) is 4.39 Å². The lowest BCUT2D eigenvalue weighted by Gasteiger charge is -2.42. The number of hydrogen-bond acceptors (Lipinski definition) is 3. The summed E-state index contributed by atoms with van der Waals surface area (Å²) < 4.78 is 13.5. The molecule has 3 aliphatic rings. The molecule has 0 radical (unpaired) electrons. The van der Waals surface area contributed by atoms with E-state index in [2.05, 4.69) is 15.9 Å². The van der Waals surface area contributed by atoms with E-state index in [4.69, 9.17) is 4.98 Å². The maximum atomic E-state index is 13.5. The number of anilines is 1. The van der Waals surface area contributed by atoms with E-state index in [-0.39, 0.29) is 5.82 Å². The summed E-state index contributed by atoms with van der Waals surface area (Å²) in [6.07, 6.45) is 13.0. The molecule has 3 nitrogen and oxygen atoms in total. The Morgan fingerprint density at radius 2 is 1.50 bits per heavy atom. The summed E-state index contributed by atoms with van der Waals surface area (Å²) in [6.45, 7) is 4.56. The van der Waals surface area contributed by atoms with Crippen LogP contribution in [0.25, 0.3) is 11.3 Å². The van der Waals surface area contributed by atoms with Crippen LogP contribution in [0.5, 0.6) is 0 Å². The number of rotatable bonds is 3. The second-order valence-electron chi connectivity index (χ2n) is 9.33. The normalized spacial score (nSPS) is 21.3. The van der Waals surface area contributed by atoms with Crippen LogP contribution in [0.1, 0.15) is 62.6 Å². The highest BCUT2D eigenvalue weighted by molar-refractivity contribution is 5.68. The molecule has 1 saturated carbocycles. The topological polar surface area (TPSA) is 19.4 Å². The van der Waals surface area contributed by atoms with Crippen LogP contribution in [-0.4, -0.2) is 42.1 Å². The molecule has 1 aliphatic heterocycles. The highest BCUT2D eigenvalue weighted by Crippen LogP contribution is 2.34. The first-order valence-corrected chi connectivity index (χ1v) is 12.1. The number of benzene rings is 1. The van der Waals surface area contributed by atoms with Gasteiger partial charge in [-0.3, -0.25) is 9.88 Å². The van der Waals surface area contributed by atoms with Crippen LogP contribution >= 0.6 is 0 Å². The van der Waals surface area contributed by atoms with Crippen molar-refractivity contribution in [2.24, 2.45) is 0 Å². The van der Waals surface area contributed by atoms with Crippen LogP contribution in [0.2, 0.25) is 0 Å². The molecule has 160 valence electrons. The Kier molecular flexibility index (Phi) is 6.03. The number of hydrogen-bond donors (Lipinski definition) is 0. The molecule has 2 aromatic rings. The van der Waals surface area contributed by atoms with Crippen molar-refractivity contribution in [3.8, 4) is 11.3 Å². The summed E-state index contributed by atoms with van der Waals surface area (Å²) in [7, 11) is 0. The molecular formula is C26H34FN3. The summed E-state index contributed by atoms with van der Waals surface area (Å²) in [6, 6.07) is 9.92. The average molecular weight is 408 g/mol. The van der Waals surface area contributed by atoms with Gasteiger partial charge in [-0.2, -0.15) is 0 Å². The van der Waals surface area contributed by atoms with E-state index in [1.54, 1.807) is 12.1 Å². The van der Waals surface area contributed by atoms with Crippen LogP contribution in [0.15, 0.2) is 30.3 Å². The van der Waals surface area contributed by atoms with Crippen LogP contribution in [0.4, 0.5) is 10.1 Å². The van der Waals surface area contributed by atoms with E-state index in [1.165, 1.54) is 81.4 Å². The number of nitrogens with zero attached hydrogens (tertiary/aromatic N) is 3. The Bertz CT molecular complexity index is 849. The van der Waals surface area contributed by atoms with Crippen LogP contribution < -0.4 is 4.90 Å². The van der Waals surface area contributed by atoms with Gasteiger partial charge in [0.15, 0.2) is 0 Å². The van der Waals surface area contributed by atoms with Gasteiger partial charge in [0.25, 0.3) is 0 Å². The average Bonchev–Trinajstić information content (AvgIpc) is 3.05. The van der Waals surface area contributed by atoms with Gasteiger partial charge in [0.1, 0.15) is 5.82 Å². The van der Waals surface area contributed by atoms with Gasteiger partial charge in [0.2, 0.25) is 0 Å². The van der Waals surface area contributed by atoms with Gasteiger partial charge < -0.3 is 4.90 Å². The Morgan fingerprint density at radius 3 is 2.27 bits per heavy atom. The zero-order valence-corrected chi connectivity index (χ0v) is 18.1. The molecule has 1 saturated heterocycles. The van der Waals surface area contributed by atoms with Crippen LogP contribution in [-0.2, 0) is 12.8 Å². The molecule has 0 atom stereocenters. The number of aryl methyl sites for hydroxylation is 1. The molecule has 1 aromatic heterocycles. The third-order valence-corrected chi connectivity index (χ3v) is 7.41. The quantitative estimate of drug-likeness (QED) is 0.617. The largest absolute Gasteiger partial charge is 0.369 e. The third-order valence-electron chi connectivity index (χ3n) is 7.41. The Labute approximate surface area is 180 Å². The van der Waals surface area contributed by atoms with E-state index < -0.39 is 0 Å².